The quantitative estimate of drug-likeness (QED) is 0.613. The SMILES string of the molecule is COC1CC(NCC(OC)OC)C1. The summed E-state index contributed by atoms with van der Waals surface area (Å²) in [7, 11) is 5.05. The van der Waals surface area contributed by atoms with Gasteiger partial charge in [-0.2, -0.15) is 0 Å². The van der Waals surface area contributed by atoms with Gasteiger partial charge in [-0.15, -0.1) is 0 Å². The van der Waals surface area contributed by atoms with Crippen LogP contribution in [0.4, 0.5) is 0 Å². The highest BCUT2D eigenvalue weighted by atomic mass is 16.7. The van der Waals surface area contributed by atoms with E-state index in [0.29, 0.717) is 12.1 Å². The summed E-state index contributed by atoms with van der Waals surface area (Å²) in [4.78, 5) is 0. The van der Waals surface area contributed by atoms with Crippen LogP contribution in [0, 0.1) is 0 Å². The molecule has 0 aromatic carbocycles. The van der Waals surface area contributed by atoms with Crippen LogP contribution in [0.1, 0.15) is 12.8 Å². The smallest absolute Gasteiger partial charge is 0.169 e. The molecule has 0 aromatic rings. The molecule has 0 radical (unpaired) electrons. The maximum absolute atomic E-state index is 5.17. The van der Waals surface area contributed by atoms with E-state index in [2.05, 4.69) is 5.32 Å². The molecule has 0 amide bonds. The van der Waals surface area contributed by atoms with E-state index in [-0.39, 0.29) is 6.29 Å². The third kappa shape index (κ3) is 3.23. The van der Waals surface area contributed by atoms with Crippen molar-refractivity contribution in [2.24, 2.45) is 0 Å². The minimum atomic E-state index is -0.137. The zero-order valence-corrected chi connectivity index (χ0v) is 8.58. The molecule has 4 heteroatoms. The highest BCUT2D eigenvalue weighted by Gasteiger charge is 2.28. The molecular weight excluding hydrogens is 170 g/mol. The summed E-state index contributed by atoms with van der Waals surface area (Å²) in [5.41, 5.74) is 0. The molecular formula is C9H19NO3. The Hall–Kier alpha value is -0.160. The van der Waals surface area contributed by atoms with E-state index in [4.69, 9.17) is 14.2 Å². The lowest BCUT2D eigenvalue weighted by Crippen LogP contribution is -2.47. The monoisotopic (exact) mass is 189 g/mol. The second-order valence-electron chi connectivity index (χ2n) is 3.34. The summed E-state index contributed by atoms with van der Waals surface area (Å²) in [6, 6.07) is 0.567. The molecule has 4 nitrogen and oxygen atoms in total. The molecule has 0 spiro atoms. The van der Waals surface area contributed by atoms with Crippen LogP contribution < -0.4 is 5.32 Å². The molecule has 1 aliphatic rings. The molecule has 0 heterocycles. The minimum Gasteiger partial charge on any atom is -0.381 e. The number of nitrogens with one attached hydrogen (secondary N) is 1. The van der Waals surface area contributed by atoms with Crippen molar-refractivity contribution in [3.8, 4) is 0 Å². The van der Waals surface area contributed by atoms with E-state index in [1.54, 1.807) is 21.3 Å². The Bertz CT molecular complexity index is 133. The molecule has 0 bridgehead atoms. The topological polar surface area (TPSA) is 39.7 Å². The zero-order chi connectivity index (χ0) is 9.68. The molecule has 1 aliphatic carbocycles. The first-order valence-electron chi connectivity index (χ1n) is 4.62. The fourth-order valence-electron chi connectivity index (χ4n) is 1.45. The van der Waals surface area contributed by atoms with Gasteiger partial charge in [0.05, 0.1) is 6.10 Å². The highest BCUT2D eigenvalue weighted by molar-refractivity contribution is 4.85. The van der Waals surface area contributed by atoms with Gasteiger partial charge in [0.1, 0.15) is 0 Å². The Morgan fingerprint density at radius 3 is 2.31 bits per heavy atom. The number of hydrogen-bond acceptors (Lipinski definition) is 4. The fourth-order valence-corrected chi connectivity index (χ4v) is 1.45. The van der Waals surface area contributed by atoms with Crippen molar-refractivity contribution in [1.29, 1.82) is 0 Å². The Labute approximate surface area is 79.5 Å². The third-order valence-electron chi connectivity index (χ3n) is 2.53. The molecule has 1 rings (SSSR count). The van der Waals surface area contributed by atoms with Crippen LogP contribution in [0.15, 0.2) is 0 Å². The van der Waals surface area contributed by atoms with Crippen molar-refractivity contribution in [3.05, 3.63) is 0 Å². The Kier molecular flexibility index (Phi) is 4.66. The summed E-state index contributed by atoms with van der Waals surface area (Å²) < 4.78 is 15.3. The second kappa shape index (κ2) is 5.54. The van der Waals surface area contributed by atoms with Gasteiger partial charge in [0.25, 0.3) is 0 Å². The van der Waals surface area contributed by atoms with Gasteiger partial charge < -0.3 is 19.5 Å². The standard InChI is InChI=1S/C9H19NO3/c1-11-8-4-7(5-8)10-6-9(12-2)13-3/h7-10H,4-6H2,1-3H3. The van der Waals surface area contributed by atoms with Crippen LogP contribution in [-0.4, -0.2) is 46.3 Å². The number of ether oxygens (including phenoxy) is 3. The van der Waals surface area contributed by atoms with Gasteiger partial charge in [-0.05, 0) is 12.8 Å². The Morgan fingerprint density at radius 1 is 1.23 bits per heavy atom. The normalized spacial score (nSPS) is 27.7. The van der Waals surface area contributed by atoms with Crippen molar-refractivity contribution in [2.75, 3.05) is 27.9 Å². The van der Waals surface area contributed by atoms with Gasteiger partial charge in [0, 0.05) is 33.9 Å². The van der Waals surface area contributed by atoms with Gasteiger partial charge in [-0.3, -0.25) is 0 Å². The van der Waals surface area contributed by atoms with Crippen LogP contribution in [0.5, 0.6) is 0 Å². The molecule has 1 saturated carbocycles. The first kappa shape index (κ1) is 10.9. The molecule has 0 atom stereocenters. The van der Waals surface area contributed by atoms with Crippen LogP contribution in [0.25, 0.3) is 0 Å². The van der Waals surface area contributed by atoms with Crippen molar-refractivity contribution in [1.82, 2.24) is 5.32 Å². The largest absolute Gasteiger partial charge is 0.381 e. The lowest BCUT2D eigenvalue weighted by molar-refractivity contribution is -0.103. The van der Waals surface area contributed by atoms with Gasteiger partial charge in [-0.25, -0.2) is 0 Å². The predicted molar refractivity (Wildman–Crippen MR) is 49.6 cm³/mol. The Morgan fingerprint density at radius 2 is 1.85 bits per heavy atom. The van der Waals surface area contributed by atoms with E-state index in [1.165, 1.54) is 0 Å². The number of rotatable bonds is 6. The lowest BCUT2D eigenvalue weighted by atomic mass is 9.89. The molecule has 78 valence electrons. The fraction of sp³-hybridized carbons (Fsp3) is 1.00. The summed E-state index contributed by atoms with van der Waals surface area (Å²) >= 11 is 0. The van der Waals surface area contributed by atoms with Crippen LogP contribution in [0.3, 0.4) is 0 Å². The Balaban J connectivity index is 2.01. The van der Waals surface area contributed by atoms with Gasteiger partial charge in [0.2, 0.25) is 0 Å². The molecule has 0 aromatic heterocycles. The first-order valence-corrected chi connectivity index (χ1v) is 4.62. The van der Waals surface area contributed by atoms with Crippen LogP contribution in [-0.2, 0) is 14.2 Å². The molecule has 13 heavy (non-hydrogen) atoms. The van der Waals surface area contributed by atoms with E-state index >= 15 is 0 Å². The molecule has 0 unspecified atom stereocenters. The number of methoxy groups -OCH3 is 3. The third-order valence-corrected chi connectivity index (χ3v) is 2.53. The lowest BCUT2D eigenvalue weighted by Gasteiger charge is -2.35. The average molecular weight is 189 g/mol. The molecule has 0 aliphatic heterocycles. The van der Waals surface area contributed by atoms with Crippen molar-refractivity contribution < 1.29 is 14.2 Å². The highest BCUT2D eigenvalue weighted by Crippen LogP contribution is 2.22. The van der Waals surface area contributed by atoms with E-state index in [9.17, 15) is 0 Å². The van der Waals surface area contributed by atoms with Gasteiger partial charge >= 0.3 is 0 Å². The van der Waals surface area contributed by atoms with Crippen molar-refractivity contribution >= 4 is 0 Å². The second-order valence-corrected chi connectivity index (χ2v) is 3.34. The van der Waals surface area contributed by atoms with Gasteiger partial charge in [-0.1, -0.05) is 0 Å². The number of hydrogen-bond donors (Lipinski definition) is 1. The average Bonchev–Trinajstić information content (AvgIpc) is 2.09. The maximum Gasteiger partial charge on any atom is 0.169 e. The summed E-state index contributed by atoms with van der Waals surface area (Å²) in [6.07, 6.45) is 2.50. The summed E-state index contributed by atoms with van der Waals surface area (Å²) in [6.45, 7) is 0.744. The zero-order valence-electron chi connectivity index (χ0n) is 8.58. The van der Waals surface area contributed by atoms with Gasteiger partial charge in [0.15, 0.2) is 6.29 Å². The molecule has 1 fully saturated rings. The van der Waals surface area contributed by atoms with E-state index < -0.39 is 0 Å². The van der Waals surface area contributed by atoms with E-state index in [0.717, 1.165) is 19.4 Å². The summed E-state index contributed by atoms with van der Waals surface area (Å²) in [5.74, 6) is 0. The predicted octanol–water partition coefficient (Wildman–Crippen LogP) is 0.372. The molecule has 1 N–H and O–H groups in total. The molecule has 0 saturated heterocycles. The first-order chi connectivity index (χ1) is 6.30. The van der Waals surface area contributed by atoms with Crippen molar-refractivity contribution in [2.45, 2.75) is 31.3 Å². The van der Waals surface area contributed by atoms with Crippen LogP contribution >= 0.6 is 0 Å². The summed E-state index contributed by atoms with van der Waals surface area (Å²) in [5, 5.41) is 3.36. The van der Waals surface area contributed by atoms with E-state index in [1.807, 2.05) is 0 Å². The van der Waals surface area contributed by atoms with Crippen molar-refractivity contribution in [3.63, 3.8) is 0 Å². The minimum absolute atomic E-state index is 0.137. The van der Waals surface area contributed by atoms with Crippen LogP contribution in [0.2, 0.25) is 0 Å². The maximum atomic E-state index is 5.17.